The Bertz CT molecular complexity index is 990. The van der Waals surface area contributed by atoms with Gasteiger partial charge in [0, 0.05) is 19.0 Å². The van der Waals surface area contributed by atoms with Crippen molar-refractivity contribution in [3.05, 3.63) is 48.0 Å². The van der Waals surface area contributed by atoms with Crippen LogP contribution in [0.3, 0.4) is 0 Å². The van der Waals surface area contributed by atoms with Gasteiger partial charge < -0.3 is 19.5 Å². The minimum Gasteiger partial charge on any atom is -0.497 e. The molecule has 0 saturated heterocycles. The molecule has 32 heavy (non-hydrogen) atoms. The van der Waals surface area contributed by atoms with Crippen molar-refractivity contribution in [3.63, 3.8) is 0 Å². The van der Waals surface area contributed by atoms with E-state index in [4.69, 9.17) is 14.2 Å². The first-order chi connectivity index (χ1) is 15.2. The molecule has 2 aromatic carbocycles. The van der Waals surface area contributed by atoms with E-state index >= 15 is 0 Å². The second kappa shape index (κ2) is 11.7. The molecule has 8 nitrogen and oxygen atoms in total. The zero-order chi connectivity index (χ0) is 23.7. The maximum absolute atomic E-state index is 12.7. The Kier molecular flexibility index (Phi) is 9.34. The predicted molar refractivity (Wildman–Crippen MR) is 123 cm³/mol. The van der Waals surface area contributed by atoms with Crippen LogP contribution in [-0.2, 0) is 21.2 Å². The van der Waals surface area contributed by atoms with E-state index < -0.39 is 16.1 Å². The Labute approximate surface area is 190 Å². The van der Waals surface area contributed by atoms with Crippen LogP contribution < -0.4 is 24.2 Å². The maximum atomic E-state index is 12.7. The van der Waals surface area contributed by atoms with E-state index in [2.05, 4.69) is 10.0 Å². The molecule has 1 amide bonds. The van der Waals surface area contributed by atoms with Gasteiger partial charge in [0.15, 0.2) is 11.5 Å². The number of rotatable bonds is 12. The highest BCUT2D eigenvalue weighted by molar-refractivity contribution is 7.89. The lowest BCUT2D eigenvalue weighted by molar-refractivity contribution is -0.121. The standard InChI is InChI=1S/C23H32N2O6S/c1-16(2)20(25-32(27,28)19-9-7-18(29-3)8-10-19)15-23(26)24-13-12-17-6-11-21(30-4)22(14-17)31-5/h6-11,14,16,20,25H,12-13,15H2,1-5H3,(H,24,26)/t20-/m0/s1. The number of hydrogen-bond acceptors (Lipinski definition) is 6. The van der Waals surface area contributed by atoms with Gasteiger partial charge in [0.2, 0.25) is 15.9 Å². The van der Waals surface area contributed by atoms with Crippen LogP contribution >= 0.6 is 0 Å². The number of ether oxygens (including phenoxy) is 3. The SMILES string of the molecule is COc1ccc(S(=O)(=O)N[C@@H](CC(=O)NCCc2ccc(OC)c(OC)c2)C(C)C)cc1. The molecule has 176 valence electrons. The van der Waals surface area contributed by atoms with E-state index in [0.717, 1.165) is 5.56 Å². The molecular formula is C23H32N2O6S. The van der Waals surface area contributed by atoms with E-state index in [9.17, 15) is 13.2 Å². The molecule has 0 fully saturated rings. The number of nitrogens with one attached hydrogen (secondary N) is 2. The van der Waals surface area contributed by atoms with E-state index in [1.165, 1.54) is 19.2 Å². The van der Waals surface area contributed by atoms with Gasteiger partial charge in [0.1, 0.15) is 5.75 Å². The van der Waals surface area contributed by atoms with Crippen molar-refractivity contribution in [2.75, 3.05) is 27.9 Å². The average molecular weight is 465 g/mol. The number of carbonyl (C=O) groups is 1. The van der Waals surface area contributed by atoms with Crippen LogP contribution in [-0.4, -0.2) is 48.2 Å². The zero-order valence-corrected chi connectivity index (χ0v) is 20.0. The number of methoxy groups -OCH3 is 3. The van der Waals surface area contributed by atoms with Crippen LogP contribution in [0.25, 0.3) is 0 Å². The summed E-state index contributed by atoms with van der Waals surface area (Å²) >= 11 is 0. The van der Waals surface area contributed by atoms with Gasteiger partial charge in [0.05, 0.1) is 26.2 Å². The monoisotopic (exact) mass is 464 g/mol. The Morgan fingerprint density at radius 3 is 2.16 bits per heavy atom. The van der Waals surface area contributed by atoms with Crippen molar-refractivity contribution in [2.45, 2.75) is 37.6 Å². The van der Waals surface area contributed by atoms with Gasteiger partial charge in [-0.2, -0.15) is 0 Å². The summed E-state index contributed by atoms with van der Waals surface area (Å²) in [5.74, 6) is 1.55. The lowest BCUT2D eigenvalue weighted by Gasteiger charge is -2.22. The van der Waals surface area contributed by atoms with Gasteiger partial charge in [-0.15, -0.1) is 0 Å². The van der Waals surface area contributed by atoms with Crippen molar-refractivity contribution in [3.8, 4) is 17.2 Å². The first-order valence-electron chi connectivity index (χ1n) is 10.3. The highest BCUT2D eigenvalue weighted by atomic mass is 32.2. The third-order valence-corrected chi connectivity index (χ3v) is 6.58. The second-order valence-electron chi connectivity index (χ2n) is 7.64. The molecule has 0 aromatic heterocycles. The van der Waals surface area contributed by atoms with Gasteiger partial charge in [0.25, 0.3) is 0 Å². The normalized spacial score (nSPS) is 12.3. The van der Waals surface area contributed by atoms with Gasteiger partial charge in [-0.3, -0.25) is 4.79 Å². The second-order valence-corrected chi connectivity index (χ2v) is 9.35. The van der Waals surface area contributed by atoms with Gasteiger partial charge in [-0.25, -0.2) is 13.1 Å². The number of hydrogen-bond donors (Lipinski definition) is 2. The van der Waals surface area contributed by atoms with Crippen LogP contribution in [0.4, 0.5) is 0 Å². The van der Waals surface area contributed by atoms with E-state index in [-0.39, 0.29) is 23.1 Å². The molecule has 0 aliphatic carbocycles. The molecule has 0 aliphatic rings. The third kappa shape index (κ3) is 7.13. The van der Waals surface area contributed by atoms with Crippen molar-refractivity contribution in [1.29, 1.82) is 0 Å². The molecule has 0 aliphatic heterocycles. The summed E-state index contributed by atoms with van der Waals surface area (Å²) in [6.07, 6.45) is 0.648. The molecule has 0 bridgehead atoms. The van der Waals surface area contributed by atoms with Gasteiger partial charge in [-0.1, -0.05) is 19.9 Å². The molecule has 0 spiro atoms. The highest BCUT2D eigenvalue weighted by Gasteiger charge is 2.24. The lowest BCUT2D eigenvalue weighted by Crippen LogP contribution is -2.42. The van der Waals surface area contributed by atoms with E-state index in [0.29, 0.717) is 30.2 Å². The Balaban J connectivity index is 1.93. The Morgan fingerprint density at radius 1 is 0.938 bits per heavy atom. The largest absolute Gasteiger partial charge is 0.497 e. The van der Waals surface area contributed by atoms with E-state index in [1.807, 2.05) is 32.0 Å². The van der Waals surface area contributed by atoms with Crippen molar-refractivity contribution < 1.29 is 27.4 Å². The Hall–Kier alpha value is -2.78. The van der Waals surface area contributed by atoms with Gasteiger partial charge in [-0.05, 0) is 54.3 Å². The highest BCUT2D eigenvalue weighted by Crippen LogP contribution is 2.27. The summed E-state index contributed by atoms with van der Waals surface area (Å²) in [6.45, 7) is 4.17. The third-order valence-electron chi connectivity index (χ3n) is 5.07. The molecule has 0 unspecified atom stereocenters. The van der Waals surface area contributed by atoms with Crippen molar-refractivity contribution in [1.82, 2.24) is 10.0 Å². The zero-order valence-electron chi connectivity index (χ0n) is 19.2. The fourth-order valence-corrected chi connectivity index (χ4v) is 4.47. The molecule has 0 saturated carbocycles. The molecule has 0 heterocycles. The number of benzene rings is 2. The van der Waals surface area contributed by atoms with Crippen LogP contribution in [0, 0.1) is 5.92 Å². The lowest BCUT2D eigenvalue weighted by atomic mass is 10.0. The Morgan fingerprint density at radius 2 is 1.59 bits per heavy atom. The summed E-state index contributed by atoms with van der Waals surface area (Å²) in [4.78, 5) is 12.6. The van der Waals surface area contributed by atoms with Crippen LogP contribution in [0.1, 0.15) is 25.8 Å². The summed E-state index contributed by atoms with van der Waals surface area (Å²) in [7, 11) is 0.897. The van der Waals surface area contributed by atoms with Crippen LogP contribution in [0.15, 0.2) is 47.4 Å². The summed E-state index contributed by atoms with van der Waals surface area (Å²) in [5, 5.41) is 2.86. The molecule has 2 aromatic rings. The summed E-state index contributed by atoms with van der Waals surface area (Å²) in [6, 6.07) is 11.2. The van der Waals surface area contributed by atoms with Crippen molar-refractivity contribution >= 4 is 15.9 Å². The smallest absolute Gasteiger partial charge is 0.240 e. The minimum absolute atomic E-state index is 0.0407. The van der Waals surface area contributed by atoms with Crippen LogP contribution in [0.2, 0.25) is 0 Å². The molecule has 2 rings (SSSR count). The molecule has 0 radical (unpaired) electrons. The van der Waals surface area contributed by atoms with Gasteiger partial charge >= 0.3 is 0 Å². The molecular weight excluding hydrogens is 432 g/mol. The topological polar surface area (TPSA) is 103 Å². The first kappa shape index (κ1) is 25.5. The average Bonchev–Trinajstić information content (AvgIpc) is 2.78. The maximum Gasteiger partial charge on any atom is 0.240 e. The number of carbonyl (C=O) groups excluding carboxylic acids is 1. The first-order valence-corrected chi connectivity index (χ1v) is 11.8. The van der Waals surface area contributed by atoms with E-state index in [1.54, 1.807) is 26.4 Å². The summed E-state index contributed by atoms with van der Waals surface area (Å²) < 4.78 is 43.7. The molecule has 1 atom stereocenters. The number of sulfonamides is 1. The van der Waals surface area contributed by atoms with Crippen LogP contribution in [0.5, 0.6) is 17.2 Å². The quantitative estimate of drug-likeness (QED) is 0.501. The summed E-state index contributed by atoms with van der Waals surface area (Å²) in [5.41, 5.74) is 0.989. The fraction of sp³-hybridized carbons (Fsp3) is 0.435. The molecule has 9 heteroatoms. The molecule has 2 N–H and O–H groups in total. The predicted octanol–water partition coefficient (Wildman–Crippen LogP) is 2.76. The fourth-order valence-electron chi connectivity index (χ4n) is 3.09. The minimum atomic E-state index is -3.76. The number of amides is 1. The van der Waals surface area contributed by atoms with Crippen molar-refractivity contribution in [2.24, 2.45) is 5.92 Å².